The zero-order valence-electron chi connectivity index (χ0n) is 17.9. The van der Waals surface area contributed by atoms with Crippen molar-refractivity contribution in [2.45, 2.75) is 20.4 Å². The highest BCUT2D eigenvalue weighted by Gasteiger charge is 2.26. The van der Waals surface area contributed by atoms with E-state index in [1.807, 2.05) is 12.1 Å². The van der Waals surface area contributed by atoms with E-state index in [9.17, 15) is 4.79 Å². The molecule has 0 unspecified atom stereocenters. The maximum atomic E-state index is 13.7. The number of para-hydroxylation sites is 1. The molecule has 0 aliphatic heterocycles. The zero-order valence-corrected chi connectivity index (χ0v) is 18.7. The molecule has 4 aromatic rings. The van der Waals surface area contributed by atoms with Crippen molar-refractivity contribution in [3.63, 3.8) is 0 Å². The Balaban J connectivity index is 1.83. The molecule has 0 aliphatic rings. The number of carbonyl (C=O) groups is 1. The molecule has 0 aliphatic carbocycles. The van der Waals surface area contributed by atoms with Crippen molar-refractivity contribution in [1.29, 1.82) is 0 Å². The molecule has 31 heavy (non-hydrogen) atoms. The van der Waals surface area contributed by atoms with Crippen molar-refractivity contribution < 1.29 is 14.3 Å². The Kier molecular flexibility index (Phi) is 5.86. The van der Waals surface area contributed by atoms with Crippen LogP contribution in [0.15, 0.2) is 54.9 Å². The van der Waals surface area contributed by atoms with Gasteiger partial charge in [-0.3, -0.25) is 14.7 Å². The average Bonchev–Trinajstić information content (AvgIpc) is 3.19. The smallest absolute Gasteiger partial charge is 0.264 e. The summed E-state index contributed by atoms with van der Waals surface area (Å²) in [5.74, 6) is 0.691. The molecule has 0 fully saturated rings. The van der Waals surface area contributed by atoms with Gasteiger partial charge in [-0.25, -0.2) is 4.98 Å². The van der Waals surface area contributed by atoms with Crippen LogP contribution in [0.1, 0.15) is 27.0 Å². The van der Waals surface area contributed by atoms with Crippen molar-refractivity contribution in [2.24, 2.45) is 0 Å². The summed E-state index contributed by atoms with van der Waals surface area (Å²) in [6.45, 7) is 4.48. The predicted octanol–water partition coefficient (Wildman–Crippen LogP) is 5.17. The van der Waals surface area contributed by atoms with Crippen molar-refractivity contribution in [1.82, 2.24) is 9.97 Å². The molecule has 0 N–H and O–H groups in total. The van der Waals surface area contributed by atoms with Gasteiger partial charge in [-0.15, -0.1) is 0 Å². The Labute approximate surface area is 185 Å². The van der Waals surface area contributed by atoms with Crippen molar-refractivity contribution in [3.05, 3.63) is 77.1 Å². The van der Waals surface area contributed by atoms with Crippen LogP contribution in [0.25, 0.3) is 10.2 Å². The number of benzene rings is 2. The van der Waals surface area contributed by atoms with Crippen LogP contribution < -0.4 is 14.4 Å². The van der Waals surface area contributed by atoms with Crippen LogP contribution >= 0.6 is 11.3 Å². The molecule has 158 valence electrons. The minimum atomic E-state index is -0.216. The Morgan fingerprint density at radius 3 is 2.58 bits per heavy atom. The molecule has 2 aromatic carbocycles. The zero-order chi connectivity index (χ0) is 22.0. The second-order valence-corrected chi connectivity index (χ2v) is 8.20. The number of amides is 1. The van der Waals surface area contributed by atoms with E-state index in [0.29, 0.717) is 28.7 Å². The van der Waals surface area contributed by atoms with E-state index in [2.05, 4.69) is 31.0 Å². The van der Waals surface area contributed by atoms with E-state index in [1.165, 1.54) is 29.6 Å². The molecule has 0 saturated carbocycles. The van der Waals surface area contributed by atoms with Crippen LogP contribution in [0.5, 0.6) is 11.5 Å². The molecule has 0 bridgehead atoms. The number of carbonyl (C=O) groups excluding carboxylic acids is 1. The molecule has 0 radical (unpaired) electrons. The second kappa shape index (κ2) is 8.73. The molecule has 6 nitrogen and oxygen atoms in total. The van der Waals surface area contributed by atoms with Crippen LogP contribution in [-0.4, -0.2) is 30.1 Å². The van der Waals surface area contributed by atoms with Gasteiger partial charge in [0, 0.05) is 12.4 Å². The minimum Gasteiger partial charge on any atom is -0.493 e. The summed E-state index contributed by atoms with van der Waals surface area (Å²) < 4.78 is 11.9. The predicted molar refractivity (Wildman–Crippen MR) is 123 cm³/mol. The fourth-order valence-electron chi connectivity index (χ4n) is 3.38. The summed E-state index contributed by atoms with van der Waals surface area (Å²) in [5, 5.41) is 0.624. The first-order valence-electron chi connectivity index (χ1n) is 9.81. The van der Waals surface area contributed by atoms with Crippen LogP contribution in [0.3, 0.4) is 0 Å². The summed E-state index contributed by atoms with van der Waals surface area (Å²) >= 11 is 1.50. The van der Waals surface area contributed by atoms with Gasteiger partial charge in [0.05, 0.1) is 36.5 Å². The van der Waals surface area contributed by atoms with Gasteiger partial charge in [-0.05, 0) is 60.9 Å². The van der Waals surface area contributed by atoms with E-state index in [1.54, 1.807) is 42.6 Å². The normalized spacial score (nSPS) is 10.8. The van der Waals surface area contributed by atoms with E-state index >= 15 is 0 Å². The number of aromatic nitrogens is 2. The summed E-state index contributed by atoms with van der Waals surface area (Å²) in [5.41, 5.74) is 4.57. The molecule has 7 heteroatoms. The number of pyridine rings is 1. The van der Waals surface area contributed by atoms with Crippen molar-refractivity contribution in [3.8, 4) is 11.5 Å². The maximum absolute atomic E-state index is 13.7. The van der Waals surface area contributed by atoms with Crippen molar-refractivity contribution >= 4 is 32.6 Å². The number of aryl methyl sites for hydroxylation is 2. The number of hydrogen-bond donors (Lipinski definition) is 0. The third-order valence-corrected chi connectivity index (χ3v) is 6.21. The highest BCUT2D eigenvalue weighted by atomic mass is 32.1. The standard InChI is InChI=1S/C24H23N3O3S/c1-15-11-19-21(12-16(15)2)31-24(26-19)27(14-17-7-6-10-25-13-17)23(28)18-8-5-9-20(29-3)22(18)30-4/h5-13H,14H2,1-4H3. The van der Waals surface area contributed by atoms with E-state index < -0.39 is 0 Å². The Morgan fingerprint density at radius 2 is 1.87 bits per heavy atom. The fourth-order valence-corrected chi connectivity index (χ4v) is 4.43. The van der Waals surface area contributed by atoms with Crippen molar-refractivity contribution in [2.75, 3.05) is 19.1 Å². The largest absolute Gasteiger partial charge is 0.493 e. The van der Waals surface area contributed by atoms with Crippen LogP contribution in [0.4, 0.5) is 5.13 Å². The number of anilines is 1. The highest BCUT2D eigenvalue weighted by Crippen LogP contribution is 2.36. The van der Waals surface area contributed by atoms with Gasteiger partial charge in [0.15, 0.2) is 16.6 Å². The SMILES string of the molecule is COc1cccc(C(=O)N(Cc2cccnc2)c2nc3cc(C)c(C)cc3s2)c1OC. The molecule has 2 aromatic heterocycles. The quantitative estimate of drug-likeness (QED) is 0.420. The molecule has 0 spiro atoms. The first kappa shape index (κ1) is 20.8. The van der Waals surface area contributed by atoms with Gasteiger partial charge < -0.3 is 9.47 Å². The number of nitrogens with zero attached hydrogens (tertiary/aromatic N) is 3. The lowest BCUT2D eigenvalue weighted by Crippen LogP contribution is -2.30. The maximum Gasteiger partial charge on any atom is 0.264 e. The van der Waals surface area contributed by atoms with Gasteiger partial charge in [0.1, 0.15) is 0 Å². The third-order valence-electron chi connectivity index (χ3n) is 5.17. The lowest BCUT2D eigenvalue weighted by atomic mass is 10.1. The summed E-state index contributed by atoms with van der Waals surface area (Å²) in [6, 6.07) is 13.3. The summed E-state index contributed by atoms with van der Waals surface area (Å²) in [4.78, 5) is 24.4. The molecule has 0 saturated heterocycles. The van der Waals surface area contributed by atoms with E-state index in [0.717, 1.165) is 15.8 Å². The summed E-state index contributed by atoms with van der Waals surface area (Å²) in [6.07, 6.45) is 3.47. The topological polar surface area (TPSA) is 64.5 Å². The molecule has 4 rings (SSSR count). The van der Waals surface area contributed by atoms with Gasteiger partial charge in [-0.2, -0.15) is 0 Å². The van der Waals surface area contributed by atoms with E-state index in [4.69, 9.17) is 14.5 Å². The van der Waals surface area contributed by atoms with Crippen LogP contribution in [-0.2, 0) is 6.54 Å². The molecule has 0 atom stereocenters. The number of thiazole rings is 1. The number of ether oxygens (including phenoxy) is 2. The Bertz CT molecular complexity index is 1200. The van der Waals surface area contributed by atoms with Gasteiger partial charge >= 0.3 is 0 Å². The Hall–Kier alpha value is -3.45. The number of methoxy groups -OCH3 is 2. The molecular weight excluding hydrogens is 410 g/mol. The fraction of sp³-hybridized carbons (Fsp3) is 0.208. The lowest BCUT2D eigenvalue weighted by molar-refractivity contribution is 0.0981. The number of fused-ring (bicyclic) bond motifs is 1. The van der Waals surface area contributed by atoms with E-state index in [-0.39, 0.29) is 5.91 Å². The summed E-state index contributed by atoms with van der Waals surface area (Å²) in [7, 11) is 3.08. The van der Waals surface area contributed by atoms with Crippen LogP contribution in [0.2, 0.25) is 0 Å². The van der Waals surface area contributed by atoms with Gasteiger partial charge in [0.2, 0.25) is 0 Å². The minimum absolute atomic E-state index is 0.216. The Morgan fingerprint density at radius 1 is 1.06 bits per heavy atom. The number of hydrogen-bond acceptors (Lipinski definition) is 6. The molecule has 1 amide bonds. The lowest BCUT2D eigenvalue weighted by Gasteiger charge is -2.21. The second-order valence-electron chi connectivity index (χ2n) is 7.19. The molecular formula is C24H23N3O3S. The number of rotatable bonds is 6. The monoisotopic (exact) mass is 433 g/mol. The average molecular weight is 434 g/mol. The van der Waals surface area contributed by atoms with Crippen LogP contribution in [0, 0.1) is 13.8 Å². The highest BCUT2D eigenvalue weighted by molar-refractivity contribution is 7.22. The van der Waals surface area contributed by atoms with Gasteiger partial charge in [0.25, 0.3) is 5.91 Å². The molecule has 2 heterocycles. The van der Waals surface area contributed by atoms with Gasteiger partial charge in [-0.1, -0.05) is 23.5 Å². The first-order chi connectivity index (χ1) is 15.0. The third kappa shape index (κ3) is 4.09. The first-order valence-corrected chi connectivity index (χ1v) is 10.6.